The number of esters is 1. The molecule has 148 valence electrons. The average Bonchev–Trinajstić information content (AvgIpc) is 2.69. The first-order valence-corrected chi connectivity index (χ1v) is 8.96. The Morgan fingerprint density at radius 1 is 1.21 bits per heavy atom. The number of nitrogens with one attached hydrogen (secondary N) is 1. The molecule has 3 rings (SSSR count). The van der Waals surface area contributed by atoms with Crippen molar-refractivity contribution in [3.8, 4) is 0 Å². The molecular weight excluding hydrogens is 364 g/mol. The van der Waals surface area contributed by atoms with Crippen molar-refractivity contribution in [3.05, 3.63) is 46.3 Å². The highest BCUT2D eigenvalue weighted by Gasteiger charge is 2.28. The van der Waals surface area contributed by atoms with Crippen LogP contribution < -0.4 is 10.2 Å². The smallest absolute Gasteiger partial charge is 0.353 e. The molecule has 0 saturated carbocycles. The lowest BCUT2D eigenvalue weighted by Gasteiger charge is -2.32. The number of aromatic nitrogens is 2. The summed E-state index contributed by atoms with van der Waals surface area (Å²) in [6.07, 6.45) is 1.32. The molecule has 1 aliphatic heterocycles. The van der Waals surface area contributed by atoms with Crippen LogP contribution in [0.3, 0.4) is 0 Å². The van der Waals surface area contributed by atoms with Crippen LogP contribution in [0.15, 0.2) is 30.6 Å². The third-order valence-corrected chi connectivity index (χ3v) is 4.45. The van der Waals surface area contributed by atoms with Crippen molar-refractivity contribution in [1.29, 1.82) is 0 Å². The zero-order valence-corrected chi connectivity index (χ0v) is 15.8. The first-order chi connectivity index (χ1) is 13.5. The molecule has 0 aliphatic carbocycles. The zero-order valence-electron chi connectivity index (χ0n) is 15.8. The predicted octanol–water partition coefficient (Wildman–Crippen LogP) is 2.06. The molecule has 0 atom stereocenters. The summed E-state index contributed by atoms with van der Waals surface area (Å²) in [5, 5.41) is 14.7. The Labute approximate surface area is 162 Å². The molecule has 2 aromatic rings. The van der Waals surface area contributed by atoms with Crippen LogP contribution in [-0.2, 0) is 4.74 Å². The second-order valence-electron chi connectivity index (χ2n) is 6.36. The third-order valence-electron chi connectivity index (χ3n) is 4.45. The average molecular weight is 386 g/mol. The summed E-state index contributed by atoms with van der Waals surface area (Å²) in [7, 11) is 2.01. The lowest BCUT2D eigenvalue weighted by molar-refractivity contribution is -0.383. The number of anilines is 3. The Kier molecular flexibility index (Phi) is 5.99. The number of benzene rings is 1. The molecule has 2 heterocycles. The molecule has 1 aromatic carbocycles. The molecule has 0 amide bonds. The van der Waals surface area contributed by atoms with E-state index >= 15 is 0 Å². The van der Waals surface area contributed by atoms with E-state index in [9.17, 15) is 14.9 Å². The maximum absolute atomic E-state index is 11.7. The molecular formula is C18H22N6O4. The van der Waals surface area contributed by atoms with Crippen molar-refractivity contribution < 1.29 is 14.5 Å². The summed E-state index contributed by atoms with van der Waals surface area (Å²) >= 11 is 0. The van der Waals surface area contributed by atoms with E-state index in [2.05, 4.69) is 20.2 Å². The number of hydrogen-bond donors (Lipinski definition) is 1. The Morgan fingerprint density at radius 3 is 2.50 bits per heavy atom. The molecule has 1 aromatic heterocycles. The Hall–Kier alpha value is -3.27. The van der Waals surface area contributed by atoms with Gasteiger partial charge in [0.05, 0.1) is 17.1 Å². The van der Waals surface area contributed by atoms with Crippen LogP contribution in [0.2, 0.25) is 0 Å². The summed E-state index contributed by atoms with van der Waals surface area (Å²) in [4.78, 5) is 35.3. The first-order valence-electron chi connectivity index (χ1n) is 8.96. The SMILES string of the molecule is CCOC(=O)c1ccc(Nc2ncnc(N3CCN(C)CC3)c2[N+](=O)[O-])cc1. The van der Waals surface area contributed by atoms with E-state index in [4.69, 9.17) is 4.74 Å². The molecule has 0 spiro atoms. The third kappa shape index (κ3) is 4.34. The van der Waals surface area contributed by atoms with E-state index in [-0.39, 0.29) is 11.5 Å². The lowest BCUT2D eigenvalue weighted by Crippen LogP contribution is -2.45. The predicted molar refractivity (Wildman–Crippen MR) is 104 cm³/mol. The fourth-order valence-electron chi connectivity index (χ4n) is 2.92. The van der Waals surface area contributed by atoms with Crippen LogP contribution in [0.1, 0.15) is 17.3 Å². The van der Waals surface area contributed by atoms with Gasteiger partial charge in [0.25, 0.3) is 0 Å². The van der Waals surface area contributed by atoms with Gasteiger partial charge in [-0.3, -0.25) is 10.1 Å². The van der Waals surface area contributed by atoms with Crippen LogP contribution in [0, 0.1) is 10.1 Å². The van der Waals surface area contributed by atoms with E-state index in [0.717, 1.165) is 13.1 Å². The van der Waals surface area contributed by atoms with Gasteiger partial charge >= 0.3 is 11.7 Å². The number of nitro groups is 1. The van der Waals surface area contributed by atoms with E-state index < -0.39 is 10.9 Å². The molecule has 1 saturated heterocycles. The summed E-state index contributed by atoms with van der Waals surface area (Å²) < 4.78 is 4.95. The minimum atomic E-state index is -0.469. The number of piperazine rings is 1. The summed E-state index contributed by atoms with van der Waals surface area (Å²) in [6, 6.07) is 6.48. The number of rotatable bonds is 6. The summed E-state index contributed by atoms with van der Waals surface area (Å²) in [5.41, 5.74) is 0.809. The number of ether oxygens (including phenoxy) is 1. The van der Waals surface area contributed by atoms with E-state index in [1.807, 2.05) is 11.9 Å². The van der Waals surface area contributed by atoms with E-state index in [1.165, 1.54) is 6.33 Å². The Morgan fingerprint density at radius 2 is 1.89 bits per heavy atom. The van der Waals surface area contributed by atoms with Gasteiger partial charge in [0.15, 0.2) is 0 Å². The van der Waals surface area contributed by atoms with E-state index in [1.54, 1.807) is 31.2 Å². The largest absolute Gasteiger partial charge is 0.462 e. The van der Waals surface area contributed by atoms with Gasteiger partial charge in [-0.05, 0) is 38.2 Å². The van der Waals surface area contributed by atoms with Crippen molar-refractivity contribution in [2.24, 2.45) is 0 Å². The van der Waals surface area contributed by atoms with Gasteiger partial charge in [-0.25, -0.2) is 14.8 Å². The highest BCUT2D eigenvalue weighted by molar-refractivity contribution is 5.90. The van der Waals surface area contributed by atoms with Gasteiger partial charge in [-0.2, -0.15) is 0 Å². The molecule has 0 unspecified atom stereocenters. The van der Waals surface area contributed by atoms with Gasteiger partial charge in [0.2, 0.25) is 11.6 Å². The number of nitrogens with zero attached hydrogens (tertiary/aromatic N) is 5. The maximum atomic E-state index is 11.7. The quantitative estimate of drug-likeness (QED) is 0.452. The molecule has 10 nitrogen and oxygen atoms in total. The standard InChI is InChI=1S/C18H22N6O4/c1-3-28-18(25)13-4-6-14(7-5-13)21-16-15(24(26)27)17(20-12-19-16)23-10-8-22(2)9-11-23/h4-7,12H,3,8-11H2,1-2H3,(H,19,20,21). The van der Waals surface area contributed by atoms with Gasteiger partial charge in [-0.1, -0.05) is 0 Å². The van der Waals surface area contributed by atoms with Gasteiger partial charge in [-0.15, -0.1) is 0 Å². The van der Waals surface area contributed by atoms with Crippen molar-refractivity contribution >= 4 is 29.0 Å². The number of hydrogen-bond acceptors (Lipinski definition) is 9. The van der Waals surface area contributed by atoms with Crippen molar-refractivity contribution in [3.63, 3.8) is 0 Å². The Bertz CT molecular complexity index is 850. The Balaban J connectivity index is 1.85. The lowest BCUT2D eigenvalue weighted by atomic mass is 10.2. The highest BCUT2D eigenvalue weighted by Crippen LogP contribution is 2.33. The fraction of sp³-hybridized carbons (Fsp3) is 0.389. The number of carbonyl (C=O) groups is 1. The van der Waals surface area contributed by atoms with Crippen molar-refractivity contribution in [1.82, 2.24) is 14.9 Å². The fourth-order valence-corrected chi connectivity index (χ4v) is 2.92. The normalized spacial score (nSPS) is 14.6. The van der Waals surface area contributed by atoms with Crippen molar-refractivity contribution in [2.75, 3.05) is 50.1 Å². The van der Waals surface area contributed by atoms with Gasteiger partial charge in [0, 0.05) is 31.9 Å². The number of carbonyl (C=O) groups excluding carboxylic acids is 1. The first kappa shape index (κ1) is 19.5. The van der Waals surface area contributed by atoms with E-state index in [0.29, 0.717) is 36.8 Å². The van der Waals surface area contributed by atoms with Crippen LogP contribution in [-0.4, -0.2) is 65.6 Å². The molecule has 1 aliphatic rings. The second-order valence-corrected chi connectivity index (χ2v) is 6.36. The van der Waals surface area contributed by atoms with Crippen LogP contribution in [0.5, 0.6) is 0 Å². The molecule has 10 heteroatoms. The number of likely N-dealkylation sites (N-methyl/N-ethyl adjacent to an activating group) is 1. The zero-order chi connectivity index (χ0) is 20.1. The van der Waals surface area contributed by atoms with Gasteiger partial charge in [0.1, 0.15) is 6.33 Å². The molecule has 1 fully saturated rings. The van der Waals surface area contributed by atoms with Gasteiger partial charge < -0.3 is 19.9 Å². The minimum Gasteiger partial charge on any atom is -0.462 e. The minimum absolute atomic E-state index is 0.109. The van der Waals surface area contributed by atoms with Crippen LogP contribution >= 0.6 is 0 Å². The van der Waals surface area contributed by atoms with Crippen LogP contribution in [0.25, 0.3) is 0 Å². The summed E-state index contributed by atoms with van der Waals surface area (Å²) in [5.74, 6) is -0.00373. The highest BCUT2D eigenvalue weighted by atomic mass is 16.6. The molecule has 28 heavy (non-hydrogen) atoms. The monoisotopic (exact) mass is 386 g/mol. The van der Waals surface area contributed by atoms with Crippen molar-refractivity contribution in [2.45, 2.75) is 6.92 Å². The second kappa shape index (κ2) is 8.61. The molecule has 0 radical (unpaired) electrons. The van der Waals surface area contributed by atoms with Crippen LogP contribution in [0.4, 0.5) is 23.0 Å². The summed E-state index contributed by atoms with van der Waals surface area (Å²) in [6.45, 7) is 4.95. The topological polar surface area (TPSA) is 114 Å². The maximum Gasteiger partial charge on any atom is 0.353 e. The molecule has 1 N–H and O–H groups in total. The molecule has 0 bridgehead atoms.